The predicted molar refractivity (Wildman–Crippen MR) is 52.2 cm³/mol. The highest BCUT2D eigenvalue weighted by molar-refractivity contribution is 5.64. The third-order valence-electron chi connectivity index (χ3n) is 2.66. The van der Waals surface area contributed by atoms with Crippen LogP contribution in [0.4, 0.5) is 4.79 Å². The number of hydrogen-bond acceptors (Lipinski definition) is 4. The molecule has 1 aromatic rings. The Morgan fingerprint density at radius 3 is 2.67 bits per heavy atom. The molecule has 1 aromatic carbocycles. The van der Waals surface area contributed by atoms with Crippen molar-refractivity contribution < 1.29 is 19.4 Å². The third-order valence-corrected chi connectivity index (χ3v) is 2.66. The number of cyclic esters (lactones) is 2. The van der Waals surface area contributed by atoms with Gasteiger partial charge in [0, 0.05) is 0 Å². The zero-order chi connectivity index (χ0) is 10.9. The van der Waals surface area contributed by atoms with Crippen molar-refractivity contribution in [1.29, 1.82) is 0 Å². The van der Waals surface area contributed by atoms with E-state index in [0.29, 0.717) is 0 Å². The van der Waals surface area contributed by atoms with Gasteiger partial charge in [-0.2, -0.15) is 0 Å². The number of aliphatic hydroxyl groups is 1. The second kappa shape index (κ2) is 3.55. The Labute approximate surface area is 87.4 Å². The van der Waals surface area contributed by atoms with E-state index in [1.807, 2.05) is 30.3 Å². The summed E-state index contributed by atoms with van der Waals surface area (Å²) in [5.74, 6) is 0. The van der Waals surface area contributed by atoms with Crippen molar-refractivity contribution in [2.24, 2.45) is 0 Å². The number of hydrogen-bond donors (Lipinski definition) is 1. The maximum absolute atomic E-state index is 11.0. The molecule has 4 heteroatoms. The Morgan fingerprint density at radius 2 is 2.07 bits per heavy atom. The molecule has 0 aromatic heterocycles. The van der Waals surface area contributed by atoms with Crippen LogP contribution in [0.15, 0.2) is 30.3 Å². The molecule has 2 rings (SSSR count). The van der Waals surface area contributed by atoms with Gasteiger partial charge in [0.15, 0.2) is 11.7 Å². The first-order valence-corrected chi connectivity index (χ1v) is 4.73. The first-order valence-electron chi connectivity index (χ1n) is 4.73. The van der Waals surface area contributed by atoms with Crippen molar-refractivity contribution in [3.8, 4) is 0 Å². The van der Waals surface area contributed by atoms with Crippen LogP contribution in [0.2, 0.25) is 0 Å². The number of aliphatic hydroxyl groups excluding tert-OH is 1. The lowest BCUT2D eigenvalue weighted by atomic mass is 9.90. The highest BCUT2D eigenvalue weighted by Gasteiger charge is 2.48. The first kappa shape index (κ1) is 9.98. The van der Waals surface area contributed by atoms with Crippen LogP contribution in [0.3, 0.4) is 0 Å². The normalized spacial score (nSPS) is 29.7. The van der Waals surface area contributed by atoms with Gasteiger partial charge < -0.3 is 14.6 Å². The molecule has 1 aliphatic rings. The quantitative estimate of drug-likeness (QED) is 0.747. The summed E-state index contributed by atoms with van der Waals surface area (Å²) in [6.07, 6.45) is -1.38. The van der Waals surface area contributed by atoms with Crippen LogP contribution in [0.5, 0.6) is 0 Å². The van der Waals surface area contributed by atoms with Gasteiger partial charge in [-0.25, -0.2) is 4.79 Å². The van der Waals surface area contributed by atoms with Gasteiger partial charge in [0.05, 0.1) is 6.61 Å². The van der Waals surface area contributed by atoms with Crippen molar-refractivity contribution in [2.75, 3.05) is 6.61 Å². The lowest BCUT2D eigenvalue weighted by Crippen LogP contribution is -2.36. The fourth-order valence-electron chi connectivity index (χ4n) is 1.72. The monoisotopic (exact) mass is 208 g/mol. The van der Waals surface area contributed by atoms with Crippen LogP contribution >= 0.6 is 0 Å². The maximum Gasteiger partial charge on any atom is 0.509 e. The standard InChI is InChI=1S/C11H12O4/c1-11(8-5-3-2-4-6-8)9(7-12)14-10(13)15-11/h2-6,9,12H,7H2,1H3. The van der Waals surface area contributed by atoms with Crippen molar-refractivity contribution in [2.45, 2.75) is 18.6 Å². The molecule has 0 saturated carbocycles. The van der Waals surface area contributed by atoms with Crippen LogP contribution in [-0.4, -0.2) is 24.0 Å². The second-order valence-corrected chi connectivity index (χ2v) is 3.61. The molecule has 4 nitrogen and oxygen atoms in total. The Morgan fingerprint density at radius 1 is 1.40 bits per heavy atom. The summed E-state index contributed by atoms with van der Waals surface area (Å²) < 4.78 is 9.99. The van der Waals surface area contributed by atoms with E-state index in [4.69, 9.17) is 14.6 Å². The van der Waals surface area contributed by atoms with Crippen LogP contribution in [-0.2, 0) is 15.1 Å². The number of ether oxygens (including phenoxy) is 2. The van der Waals surface area contributed by atoms with Crippen LogP contribution in [0.1, 0.15) is 12.5 Å². The molecule has 0 amide bonds. The van der Waals surface area contributed by atoms with Crippen LogP contribution < -0.4 is 0 Å². The number of rotatable bonds is 2. The van der Waals surface area contributed by atoms with E-state index in [0.717, 1.165) is 5.56 Å². The summed E-state index contributed by atoms with van der Waals surface area (Å²) in [5, 5.41) is 9.12. The van der Waals surface area contributed by atoms with Crippen LogP contribution in [0.25, 0.3) is 0 Å². The van der Waals surface area contributed by atoms with Gasteiger partial charge >= 0.3 is 6.16 Å². The minimum Gasteiger partial charge on any atom is -0.424 e. The maximum atomic E-state index is 11.0. The van der Waals surface area contributed by atoms with Crippen molar-refractivity contribution >= 4 is 6.16 Å². The van der Waals surface area contributed by atoms with Gasteiger partial charge in [-0.05, 0) is 12.5 Å². The van der Waals surface area contributed by atoms with Gasteiger partial charge in [-0.1, -0.05) is 30.3 Å². The van der Waals surface area contributed by atoms with Gasteiger partial charge in [0.25, 0.3) is 0 Å². The molecular formula is C11H12O4. The Bertz CT molecular complexity index is 362. The van der Waals surface area contributed by atoms with Gasteiger partial charge in [-0.15, -0.1) is 0 Å². The van der Waals surface area contributed by atoms with Gasteiger partial charge in [0.1, 0.15) is 0 Å². The van der Waals surface area contributed by atoms with Gasteiger partial charge in [-0.3, -0.25) is 0 Å². The predicted octanol–water partition coefficient (Wildman–Crippen LogP) is 1.43. The molecule has 1 aliphatic heterocycles. The minimum atomic E-state index is -0.896. The summed E-state index contributed by atoms with van der Waals surface area (Å²) in [6.45, 7) is 1.48. The molecule has 0 bridgehead atoms. The van der Waals surface area contributed by atoms with E-state index in [2.05, 4.69) is 0 Å². The van der Waals surface area contributed by atoms with Crippen molar-refractivity contribution in [3.05, 3.63) is 35.9 Å². The highest BCUT2D eigenvalue weighted by atomic mass is 16.8. The van der Waals surface area contributed by atoms with E-state index in [1.165, 1.54) is 0 Å². The molecule has 15 heavy (non-hydrogen) atoms. The minimum absolute atomic E-state index is 0.253. The van der Waals surface area contributed by atoms with E-state index in [9.17, 15) is 4.79 Å². The molecule has 0 spiro atoms. The Kier molecular flexibility index (Phi) is 2.36. The SMILES string of the molecule is CC1(c2ccccc2)OC(=O)OC1CO. The Balaban J connectivity index is 2.37. The zero-order valence-corrected chi connectivity index (χ0v) is 8.34. The largest absolute Gasteiger partial charge is 0.509 e. The van der Waals surface area contributed by atoms with E-state index in [-0.39, 0.29) is 6.61 Å². The lowest BCUT2D eigenvalue weighted by molar-refractivity contribution is 0.0143. The summed E-state index contributed by atoms with van der Waals surface area (Å²) in [4.78, 5) is 11.0. The summed E-state index contributed by atoms with van der Waals surface area (Å²) >= 11 is 0. The molecular weight excluding hydrogens is 196 g/mol. The van der Waals surface area contributed by atoms with E-state index >= 15 is 0 Å². The fraction of sp³-hybridized carbons (Fsp3) is 0.364. The molecule has 1 saturated heterocycles. The summed E-state index contributed by atoms with van der Waals surface area (Å²) in [6, 6.07) is 9.25. The molecule has 2 atom stereocenters. The third kappa shape index (κ3) is 1.57. The lowest BCUT2D eigenvalue weighted by Gasteiger charge is -2.25. The fourth-order valence-corrected chi connectivity index (χ4v) is 1.72. The first-order chi connectivity index (χ1) is 7.16. The average molecular weight is 208 g/mol. The van der Waals surface area contributed by atoms with E-state index in [1.54, 1.807) is 6.92 Å². The molecule has 1 fully saturated rings. The summed E-state index contributed by atoms with van der Waals surface area (Å²) in [7, 11) is 0. The number of benzene rings is 1. The molecule has 2 unspecified atom stereocenters. The number of carbonyl (C=O) groups is 1. The second-order valence-electron chi connectivity index (χ2n) is 3.61. The zero-order valence-electron chi connectivity index (χ0n) is 8.34. The molecule has 1 heterocycles. The van der Waals surface area contributed by atoms with Gasteiger partial charge in [0.2, 0.25) is 0 Å². The topological polar surface area (TPSA) is 55.8 Å². The van der Waals surface area contributed by atoms with Crippen LogP contribution in [0, 0.1) is 0 Å². The average Bonchev–Trinajstić information content (AvgIpc) is 2.56. The Hall–Kier alpha value is -1.55. The van der Waals surface area contributed by atoms with Crippen molar-refractivity contribution in [3.63, 3.8) is 0 Å². The summed E-state index contributed by atoms with van der Waals surface area (Å²) in [5.41, 5.74) is -0.0810. The molecule has 0 aliphatic carbocycles. The van der Waals surface area contributed by atoms with Crippen molar-refractivity contribution in [1.82, 2.24) is 0 Å². The molecule has 1 N–H and O–H groups in total. The highest BCUT2D eigenvalue weighted by Crippen LogP contribution is 2.36. The smallest absolute Gasteiger partial charge is 0.424 e. The van der Waals surface area contributed by atoms with E-state index < -0.39 is 17.9 Å². The number of carbonyl (C=O) groups excluding carboxylic acids is 1. The molecule has 80 valence electrons. The molecule has 0 radical (unpaired) electrons.